The van der Waals surface area contributed by atoms with Crippen molar-refractivity contribution in [3.63, 3.8) is 0 Å². The van der Waals surface area contributed by atoms with Gasteiger partial charge in [-0.15, -0.1) is 0 Å². The molecule has 0 amide bonds. The van der Waals surface area contributed by atoms with Crippen molar-refractivity contribution in [2.24, 2.45) is 0 Å². The Morgan fingerprint density at radius 2 is 1.80 bits per heavy atom. The van der Waals surface area contributed by atoms with E-state index in [1.807, 2.05) is 13.0 Å². The van der Waals surface area contributed by atoms with Gasteiger partial charge in [-0.05, 0) is 68.3 Å². The molecule has 1 fully saturated rings. The molecule has 1 aliphatic rings. The number of benzene rings is 3. The summed E-state index contributed by atoms with van der Waals surface area (Å²) in [6, 6.07) is 17.2. The summed E-state index contributed by atoms with van der Waals surface area (Å²) < 4.78 is 64.0. The van der Waals surface area contributed by atoms with E-state index in [-0.39, 0.29) is 28.6 Å². The number of ether oxygens (including phenoxy) is 1. The van der Waals surface area contributed by atoms with Gasteiger partial charge in [-0.2, -0.15) is 0 Å². The highest BCUT2D eigenvalue weighted by Crippen LogP contribution is 2.40. The first-order valence-corrected chi connectivity index (χ1v) is 15.8. The zero-order valence-electron chi connectivity index (χ0n) is 23.8. The fraction of sp³-hybridized carbons (Fsp3) is 0.219. The Morgan fingerprint density at radius 1 is 0.955 bits per heavy atom. The van der Waals surface area contributed by atoms with Crippen LogP contribution in [0.1, 0.15) is 24.0 Å². The number of nitrogens with zero attached hydrogens (tertiary/aromatic N) is 3. The minimum Gasteiger partial charge on any atom is -0.437 e. The van der Waals surface area contributed by atoms with Crippen LogP contribution in [0.4, 0.5) is 20.4 Å². The lowest BCUT2D eigenvalue weighted by atomic mass is 10.0. The van der Waals surface area contributed by atoms with Crippen LogP contribution in [-0.4, -0.2) is 42.5 Å². The number of pyridine rings is 1. The van der Waals surface area contributed by atoms with Gasteiger partial charge in [0.1, 0.15) is 17.4 Å². The number of hydrogen-bond donors (Lipinski definition) is 3. The second-order valence-corrected chi connectivity index (χ2v) is 12.3. The third-order valence-corrected chi connectivity index (χ3v) is 8.60. The van der Waals surface area contributed by atoms with Crippen LogP contribution in [0, 0.1) is 18.6 Å². The van der Waals surface area contributed by atoms with E-state index in [2.05, 4.69) is 25.3 Å². The molecule has 44 heavy (non-hydrogen) atoms. The summed E-state index contributed by atoms with van der Waals surface area (Å²) in [5.74, 6) is -0.968. The number of sulfonamides is 1. The van der Waals surface area contributed by atoms with E-state index >= 15 is 4.39 Å². The van der Waals surface area contributed by atoms with Gasteiger partial charge in [0.15, 0.2) is 0 Å². The average Bonchev–Trinajstić information content (AvgIpc) is 3.02. The highest BCUT2D eigenvalue weighted by molar-refractivity contribution is 7.91. The first kappa shape index (κ1) is 29.4. The van der Waals surface area contributed by atoms with E-state index in [0.717, 1.165) is 37.6 Å². The molecule has 0 spiro atoms. The molecule has 0 aliphatic carbocycles. The van der Waals surface area contributed by atoms with Crippen LogP contribution in [0.3, 0.4) is 0 Å². The number of aryl methyl sites for hydroxylation is 1. The number of fused-ring (bicyclic) bond motifs is 1. The average molecular weight is 617 g/mol. The first-order valence-electron chi connectivity index (χ1n) is 14.2. The predicted octanol–water partition coefficient (Wildman–Crippen LogP) is 6.18. The molecule has 6 rings (SSSR count). The van der Waals surface area contributed by atoms with Gasteiger partial charge in [0, 0.05) is 41.3 Å². The van der Waals surface area contributed by atoms with E-state index < -0.39 is 27.4 Å². The smallest absolute Gasteiger partial charge is 0.237 e. The summed E-state index contributed by atoms with van der Waals surface area (Å²) in [5.41, 5.74) is 1.65. The third kappa shape index (κ3) is 6.46. The Hall–Kier alpha value is -4.68. The van der Waals surface area contributed by atoms with Crippen LogP contribution >= 0.6 is 0 Å². The van der Waals surface area contributed by atoms with Gasteiger partial charge >= 0.3 is 0 Å². The Balaban J connectivity index is 1.33. The van der Waals surface area contributed by atoms with E-state index in [4.69, 9.17) is 9.72 Å². The van der Waals surface area contributed by atoms with Crippen molar-refractivity contribution >= 4 is 32.4 Å². The maximum atomic E-state index is 15.1. The number of nitrogens with one attached hydrogen (secondary N) is 3. The van der Waals surface area contributed by atoms with Gasteiger partial charge in [0.2, 0.25) is 21.9 Å². The number of halogens is 2. The summed E-state index contributed by atoms with van der Waals surface area (Å²) in [4.78, 5) is 13.6. The van der Waals surface area contributed by atoms with Gasteiger partial charge < -0.3 is 15.4 Å². The molecule has 5 aromatic rings. The second kappa shape index (κ2) is 12.5. The summed E-state index contributed by atoms with van der Waals surface area (Å²) in [7, 11) is -4.17. The van der Waals surface area contributed by atoms with Crippen LogP contribution in [-0.2, 0) is 15.8 Å². The van der Waals surface area contributed by atoms with Gasteiger partial charge in [-0.25, -0.2) is 32.2 Å². The van der Waals surface area contributed by atoms with E-state index in [1.165, 1.54) is 30.3 Å². The SMILES string of the molecule is Cc1ccc2c(NS(=O)(=O)Cc3ccccc3F)c(F)ccc2c1Oc1ncccc1-c1ccnc(NC2CCCNC2)n1. The van der Waals surface area contributed by atoms with Crippen molar-refractivity contribution < 1.29 is 21.9 Å². The number of hydrogen-bond acceptors (Lipinski definition) is 8. The van der Waals surface area contributed by atoms with Crippen molar-refractivity contribution in [1.82, 2.24) is 20.3 Å². The van der Waals surface area contributed by atoms with Crippen molar-refractivity contribution in [3.05, 3.63) is 102 Å². The highest BCUT2D eigenvalue weighted by Gasteiger charge is 2.22. The summed E-state index contributed by atoms with van der Waals surface area (Å²) in [6.07, 6.45) is 5.35. The van der Waals surface area contributed by atoms with Crippen LogP contribution < -0.4 is 20.1 Å². The molecule has 1 unspecified atom stereocenters. The molecular weight excluding hydrogens is 586 g/mol. The monoisotopic (exact) mass is 616 g/mol. The molecule has 1 atom stereocenters. The van der Waals surface area contributed by atoms with E-state index in [9.17, 15) is 12.8 Å². The van der Waals surface area contributed by atoms with Crippen molar-refractivity contribution in [1.29, 1.82) is 0 Å². The molecule has 9 nitrogen and oxygen atoms in total. The van der Waals surface area contributed by atoms with Gasteiger partial charge in [-0.3, -0.25) is 4.72 Å². The number of anilines is 2. The molecule has 1 saturated heterocycles. The second-order valence-electron chi connectivity index (χ2n) is 10.6. The lowest BCUT2D eigenvalue weighted by Crippen LogP contribution is -2.38. The fourth-order valence-electron chi connectivity index (χ4n) is 5.21. The Labute approximate surface area is 253 Å². The highest BCUT2D eigenvalue weighted by atomic mass is 32.2. The molecule has 2 aromatic heterocycles. The van der Waals surface area contributed by atoms with Gasteiger partial charge in [0.05, 0.1) is 22.7 Å². The van der Waals surface area contributed by atoms with E-state index in [0.29, 0.717) is 28.3 Å². The first-order chi connectivity index (χ1) is 21.3. The van der Waals surface area contributed by atoms with Crippen LogP contribution in [0.5, 0.6) is 11.6 Å². The van der Waals surface area contributed by atoms with Gasteiger partial charge in [-0.1, -0.05) is 30.3 Å². The predicted molar refractivity (Wildman–Crippen MR) is 166 cm³/mol. The lowest BCUT2D eigenvalue weighted by Gasteiger charge is -2.23. The maximum absolute atomic E-state index is 15.1. The third-order valence-electron chi connectivity index (χ3n) is 7.39. The standard InChI is InChI=1S/C32H30F2N6O3S/c1-20-10-11-23-24(12-13-27(34)29(23)40-44(41,42)19-21-6-2-3-9-26(21)33)30(20)43-31-25(8-5-16-36-31)28-14-17-37-32(39-28)38-22-7-4-15-35-18-22/h2-3,5-6,8-14,16-17,22,35,40H,4,7,15,18-19H2,1H3,(H,37,38,39). The molecule has 12 heteroatoms. The van der Waals surface area contributed by atoms with Gasteiger partial charge in [0.25, 0.3) is 0 Å². The molecular formula is C32H30F2N6O3S. The fourth-order valence-corrected chi connectivity index (χ4v) is 6.45. The molecule has 1 aliphatic heterocycles. The number of piperidine rings is 1. The molecule has 3 aromatic carbocycles. The van der Waals surface area contributed by atoms with Crippen molar-refractivity contribution in [2.45, 2.75) is 31.6 Å². The molecule has 3 N–H and O–H groups in total. The molecule has 0 radical (unpaired) electrons. The lowest BCUT2D eigenvalue weighted by molar-refractivity contribution is 0.466. The number of aromatic nitrogens is 3. The Kier molecular flexibility index (Phi) is 8.36. The van der Waals surface area contributed by atoms with E-state index in [1.54, 1.807) is 36.7 Å². The Morgan fingerprint density at radius 3 is 2.61 bits per heavy atom. The maximum Gasteiger partial charge on any atom is 0.237 e. The van der Waals surface area contributed by atoms with Crippen molar-refractivity contribution in [2.75, 3.05) is 23.1 Å². The normalized spacial score (nSPS) is 15.2. The Bertz CT molecular complexity index is 1930. The largest absolute Gasteiger partial charge is 0.437 e. The summed E-state index contributed by atoms with van der Waals surface area (Å²) in [5, 5.41) is 7.48. The zero-order chi connectivity index (χ0) is 30.7. The number of rotatable bonds is 9. The molecule has 3 heterocycles. The van der Waals surface area contributed by atoms with Crippen LogP contribution in [0.25, 0.3) is 22.0 Å². The minimum absolute atomic E-state index is 0.0262. The zero-order valence-corrected chi connectivity index (χ0v) is 24.7. The molecule has 0 bridgehead atoms. The van der Waals surface area contributed by atoms with Crippen LogP contribution in [0.2, 0.25) is 0 Å². The van der Waals surface area contributed by atoms with Crippen molar-refractivity contribution in [3.8, 4) is 22.9 Å². The quantitative estimate of drug-likeness (QED) is 0.180. The molecule has 226 valence electrons. The van der Waals surface area contributed by atoms with Crippen LogP contribution in [0.15, 0.2) is 79.1 Å². The minimum atomic E-state index is -4.17. The topological polar surface area (TPSA) is 118 Å². The summed E-state index contributed by atoms with van der Waals surface area (Å²) >= 11 is 0. The molecule has 0 saturated carbocycles. The summed E-state index contributed by atoms with van der Waals surface area (Å²) in [6.45, 7) is 3.65.